The lowest BCUT2D eigenvalue weighted by Gasteiger charge is -2.16. The predicted octanol–water partition coefficient (Wildman–Crippen LogP) is -1.90. The van der Waals surface area contributed by atoms with Crippen LogP contribution in [0.25, 0.3) is 11.2 Å². The fourth-order valence-corrected chi connectivity index (χ4v) is 2.38. The molecule has 0 aliphatic carbocycles. The summed E-state index contributed by atoms with van der Waals surface area (Å²) >= 11 is 0. The van der Waals surface area contributed by atoms with Crippen LogP contribution in [-0.2, 0) is 14.4 Å². The molecule has 11 heteroatoms. The summed E-state index contributed by atoms with van der Waals surface area (Å²) < 4.78 is 7.06. The van der Waals surface area contributed by atoms with E-state index in [0.29, 0.717) is 11.2 Å². The Morgan fingerprint density at radius 2 is 2.22 bits per heavy atom. The second-order valence-electron chi connectivity index (χ2n) is 5.10. The van der Waals surface area contributed by atoms with Crippen molar-refractivity contribution in [1.29, 1.82) is 0 Å². The van der Waals surface area contributed by atoms with Gasteiger partial charge in [0, 0.05) is 6.92 Å². The molecular weight excluding hydrogens is 308 g/mol. The maximum absolute atomic E-state index is 10.8. The van der Waals surface area contributed by atoms with E-state index in [4.69, 9.17) is 15.3 Å². The van der Waals surface area contributed by atoms with Crippen LogP contribution in [0.2, 0.25) is 0 Å². The van der Waals surface area contributed by atoms with E-state index in [-0.39, 0.29) is 18.3 Å². The summed E-state index contributed by atoms with van der Waals surface area (Å²) in [5.41, 5.74) is 8.58. The smallest absolute Gasteiger partial charge is 0.240 e. The minimum atomic E-state index is -1.23. The van der Waals surface area contributed by atoms with Crippen molar-refractivity contribution in [2.75, 3.05) is 12.3 Å². The van der Waals surface area contributed by atoms with Crippen LogP contribution in [0.5, 0.6) is 0 Å². The molecule has 124 valence electrons. The van der Waals surface area contributed by atoms with Gasteiger partial charge in [-0.3, -0.25) is 14.2 Å². The molecule has 2 aromatic rings. The van der Waals surface area contributed by atoms with Gasteiger partial charge >= 0.3 is 0 Å². The quantitative estimate of drug-likeness (QED) is 0.471. The number of aromatic nitrogens is 4. The van der Waals surface area contributed by atoms with E-state index in [1.165, 1.54) is 24.1 Å². The number of hydrogen-bond donors (Lipinski definition) is 4. The maximum atomic E-state index is 10.8. The van der Waals surface area contributed by atoms with Crippen molar-refractivity contribution in [1.82, 2.24) is 25.0 Å². The Kier molecular flexibility index (Phi) is 4.09. The number of carbonyl (C=O) groups is 1. The molecule has 11 nitrogen and oxygen atoms in total. The van der Waals surface area contributed by atoms with E-state index in [0.717, 1.165) is 0 Å². The van der Waals surface area contributed by atoms with Crippen molar-refractivity contribution in [2.24, 2.45) is 0 Å². The topological polar surface area (TPSA) is 158 Å². The summed E-state index contributed by atoms with van der Waals surface area (Å²) in [6.45, 7) is 1.16. The zero-order valence-electron chi connectivity index (χ0n) is 12.2. The normalized spacial score (nSPS) is 27.4. The van der Waals surface area contributed by atoms with Crippen LogP contribution in [0, 0.1) is 0 Å². The number of aliphatic hydroxyl groups excluding tert-OH is 2. The maximum Gasteiger partial charge on any atom is 0.240 e. The number of ether oxygens (including phenoxy) is 1. The van der Waals surface area contributed by atoms with Crippen LogP contribution in [0.4, 0.5) is 5.82 Å². The molecule has 2 aromatic heterocycles. The molecule has 0 radical (unpaired) electrons. The SMILES string of the molecule is CC(=O)NOC[C@H]1O[C@@H](n2cnc3c(N)ncnc32)C(O)C1O. The first-order valence-corrected chi connectivity index (χ1v) is 6.82. The minimum absolute atomic E-state index is 0.127. The van der Waals surface area contributed by atoms with Crippen molar-refractivity contribution in [2.45, 2.75) is 31.5 Å². The second kappa shape index (κ2) is 6.04. The Labute approximate surface area is 130 Å². The van der Waals surface area contributed by atoms with Crippen LogP contribution >= 0.6 is 0 Å². The fourth-order valence-electron chi connectivity index (χ4n) is 2.38. The number of nitrogens with one attached hydrogen (secondary N) is 1. The molecule has 1 saturated heterocycles. The minimum Gasteiger partial charge on any atom is -0.387 e. The number of fused-ring (bicyclic) bond motifs is 1. The molecule has 2 unspecified atom stereocenters. The molecule has 0 aromatic carbocycles. The lowest BCUT2D eigenvalue weighted by atomic mass is 10.1. The van der Waals surface area contributed by atoms with Gasteiger partial charge in [-0.15, -0.1) is 0 Å². The monoisotopic (exact) mass is 324 g/mol. The van der Waals surface area contributed by atoms with Gasteiger partial charge in [-0.05, 0) is 0 Å². The number of amides is 1. The molecule has 1 amide bonds. The third kappa shape index (κ3) is 2.82. The summed E-state index contributed by atoms with van der Waals surface area (Å²) in [5.74, 6) is -0.185. The molecule has 1 fully saturated rings. The number of nitrogens with zero attached hydrogens (tertiary/aromatic N) is 4. The van der Waals surface area contributed by atoms with Crippen LogP contribution in [0.15, 0.2) is 12.7 Å². The average Bonchev–Trinajstić information content (AvgIpc) is 3.04. The predicted molar refractivity (Wildman–Crippen MR) is 75.4 cm³/mol. The van der Waals surface area contributed by atoms with Gasteiger partial charge in [-0.25, -0.2) is 20.4 Å². The van der Waals surface area contributed by atoms with Crippen molar-refractivity contribution < 1.29 is 24.6 Å². The number of hydrogen-bond acceptors (Lipinski definition) is 9. The van der Waals surface area contributed by atoms with E-state index >= 15 is 0 Å². The number of hydroxylamine groups is 1. The van der Waals surface area contributed by atoms with Crippen molar-refractivity contribution in [3.8, 4) is 0 Å². The molecule has 3 rings (SSSR count). The molecule has 23 heavy (non-hydrogen) atoms. The van der Waals surface area contributed by atoms with E-state index in [2.05, 4.69) is 20.4 Å². The van der Waals surface area contributed by atoms with E-state index < -0.39 is 24.5 Å². The highest BCUT2D eigenvalue weighted by Crippen LogP contribution is 2.31. The summed E-state index contributed by atoms with van der Waals surface area (Å²) in [5, 5.41) is 20.3. The zero-order valence-corrected chi connectivity index (χ0v) is 12.2. The fraction of sp³-hybridized carbons (Fsp3) is 0.500. The first-order valence-electron chi connectivity index (χ1n) is 6.82. The molecule has 1 aliphatic rings. The van der Waals surface area contributed by atoms with Gasteiger partial charge in [-0.1, -0.05) is 0 Å². The number of anilines is 1. The van der Waals surface area contributed by atoms with E-state index in [9.17, 15) is 15.0 Å². The van der Waals surface area contributed by atoms with Crippen molar-refractivity contribution in [3.05, 3.63) is 12.7 Å². The van der Waals surface area contributed by atoms with Gasteiger partial charge in [-0.2, -0.15) is 0 Å². The lowest BCUT2D eigenvalue weighted by Crippen LogP contribution is -2.36. The molecule has 0 saturated carbocycles. The molecule has 4 atom stereocenters. The van der Waals surface area contributed by atoms with Gasteiger partial charge in [0.15, 0.2) is 17.7 Å². The number of imidazole rings is 1. The van der Waals surface area contributed by atoms with Crippen LogP contribution < -0.4 is 11.2 Å². The molecule has 0 spiro atoms. The van der Waals surface area contributed by atoms with Gasteiger partial charge in [0.05, 0.1) is 6.33 Å². The Morgan fingerprint density at radius 3 is 2.96 bits per heavy atom. The highest BCUT2D eigenvalue weighted by Gasteiger charge is 2.44. The Bertz CT molecular complexity index is 721. The largest absolute Gasteiger partial charge is 0.387 e. The molecular formula is C12H16N6O5. The van der Waals surface area contributed by atoms with Crippen LogP contribution in [0.3, 0.4) is 0 Å². The summed E-state index contributed by atoms with van der Waals surface area (Å²) in [4.78, 5) is 27.7. The molecule has 1 aliphatic heterocycles. The number of rotatable bonds is 4. The van der Waals surface area contributed by atoms with Gasteiger partial charge in [0.25, 0.3) is 0 Å². The highest BCUT2D eigenvalue weighted by molar-refractivity contribution is 5.81. The van der Waals surface area contributed by atoms with Crippen LogP contribution in [0.1, 0.15) is 13.2 Å². The molecule has 0 bridgehead atoms. The number of nitrogens with two attached hydrogens (primary N) is 1. The van der Waals surface area contributed by atoms with Crippen molar-refractivity contribution in [3.63, 3.8) is 0 Å². The highest BCUT2D eigenvalue weighted by atomic mass is 16.7. The zero-order chi connectivity index (χ0) is 16.6. The van der Waals surface area contributed by atoms with Crippen LogP contribution in [-0.4, -0.2) is 60.6 Å². The Morgan fingerprint density at radius 1 is 1.43 bits per heavy atom. The standard InChI is InChI=1S/C12H16N6O5/c1-5(19)17-22-2-6-8(20)9(21)12(23-6)18-4-16-7-10(13)14-3-15-11(7)18/h3-4,6,8-9,12,20-21H,2H2,1H3,(H,17,19)(H2,13,14,15)/t6-,8?,9?,12-/m1/s1. The third-order valence-corrected chi connectivity index (χ3v) is 3.46. The summed E-state index contributed by atoms with van der Waals surface area (Å²) in [6, 6.07) is 0. The Hall–Kier alpha value is -2.34. The first-order chi connectivity index (χ1) is 11.0. The summed E-state index contributed by atoms with van der Waals surface area (Å²) in [6.07, 6.45) is -1.52. The average molecular weight is 324 g/mol. The van der Waals surface area contributed by atoms with E-state index in [1.54, 1.807) is 0 Å². The molecule has 3 heterocycles. The lowest BCUT2D eigenvalue weighted by molar-refractivity contribution is -0.137. The van der Waals surface area contributed by atoms with Gasteiger partial charge in [0.1, 0.15) is 36.8 Å². The number of aliphatic hydroxyl groups is 2. The summed E-state index contributed by atoms with van der Waals surface area (Å²) in [7, 11) is 0. The van der Waals surface area contributed by atoms with Gasteiger partial charge in [0.2, 0.25) is 5.91 Å². The number of carbonyl (C=O) groups excluding carboxylic acids is 1. The third-order valence-electron chi connectivity index (χ3n) is 3.46. The van der Waals surface area contributed by atoms with E-state index in [1.807, 2.05) is 0 Å². The van der Waals surface area contributed by atoms with Crippen molar-refractivity contribution >= 4 is 22.9 Å². The first kappa shape index (κ1) is 15.6. The van der Waals surface area contributed by atoms with Gasteiger partial charge < -0.3 is 20.7 Å². The molecule has 5 N–H and O–H groups in total. The number of nitrogen functional groups attached to an aromatic ring is 1. The Balaban J connectivity index is 1.80. The second-order valence-corrected chi connectivity index (χ2v) is 5.10.